The molecule has 19 heavy (non-hydrogen) atoms. The van der Waals surface area contributed by atoms with Gasteiger partial charge in [-0.3, -0.25) is 4.79 Å². The maximum atomic E-state index is 10.7. The molecule has 0 saturated heterocycles. The van der Waals surface area contributed by atoms with E-state index in [0.29, 0.717) is 11.8 Å². The summed E-state index contributed by atoms with van der Waals surface area (Å²) in [5, 5.41) is 16.2. The first-order chi connectivity index (χ1) is 9.15. The maximum Gasteiger partial charge on any atom is 0.308 e. The first-order valence-electron chi connectivity index (χ1n) is 5.36. The summed E-state index contributed by atoms with van der Waals surface area (Å²) in [4.78, 5) is 15.7. The van der Waals surface area contributed by atoms with Crippen LogP contribution in [0.4, 0.5) is 0 Å². The van der Waals surface area contributed by atoms with Crippen molar-refractivity contribution in [3.05, 3.63) is 28.9 Å². The highest BCUT2D eigenvalue weighted by Gasteiger charge is 2.11. The molecule has 0 spiro atoms. The van der Waals surface area contributed by atoms with Crippen molar-refractivity contribution in [3.8, 4) is 5.88 Å². The molecule has 2 rings (SSSR count). The molecule has 2 aromatic rings. The zero-order valence-electron chi connectivity index (χ0n) is 10.1. The number of aromatic nitrogens is 3. The number of nitrogens with zero attached hydrogens (tertiary/aromatic N) is 3. The van der Waals surface area contributed by atoms with Crippen LogP contribution < -0.4 is 4.74 Å². The fourth-order valence-corrected chi connectivity index (χ4v) is 3.22. The van der Waals surface area contributed by atoms with Gasteiger partial charge in [0.05, 0.1) is 12.1 Å². The van der Waals surface area contributed by atoms with E-state index in [1.165, 1.54) is 23.1 Å². The monoisotopic (exact) mass is 297 g/mol. The summed E-state index contributed by atoms with van der Waals surface area (Å²) < 4.78 is 6.17. The van der Waals surface area contributed by atoms with Gasteiger partial charge in [0.2, 0.25) is 5.88 Å². The molecule has 8 heteroatoms. The lowest BCUT2D eigenvalue weighted by Crippen LogP contribution is -1.99. The van der Waals surface area contributed by atoms with E-state index in [-0.39, 0.29) is 6.42 Å². The van der Waals surface area contributed by atoms with E-state index in [0.717, 1.165) is 14.9 Å². The maximum absolute atomic E-state index is 10.7. The molecule has 0 aromatic carbocycles. The van der Waals surface area contributed by atoms with Crippen LogP contribution in [-0.2, 0) is 11.2 Å². The lowest BCUT2D eigenvalue weighted by atomic mass is 10.3. The van der Waals surface area contributed by atoms with Crippen molar-refractivity contribution < 1.29 is 14.6 Å². The summed E-state index contributed by atoms with van der Waals surface area (Å²) in [5.74, 6) is -0.0360. The lowest BCUT2D eigenvalue weighted by molar-refractivity contribution is -0.136. The van der Waals surface area contributed by atoms with Crippen molar-refractivity contribution in [2.75, 3.05) is 5.94 Å². The average molecular weight is 297 g/mol. The molecule has 0 aliphatic carbocycles. The topological polar surface area (TPSA) is 85.2 Å². The van der Waals surface area contributed by atoms with Gasteiger partial charge in [-0.25, -0.2) is 4.98 Å². The lowest BCUT2D eigenvalue weighted by Gasteiger charge is -2.00. The second-order valence-corrected chi connectivity index (χ2v) is 5.78. The molecule has 100 valence electrons. The third-order valence-electron chi connectivity index (χ3n) is 2.12. The van der Waals surface area contributed by atoms with Crippen molar-refractivity contribution in [3.63, 3.8) is 0 Å². The summed E-state index contributed by atoms with van der Waals surface area (Å²) in [6, 6.07) is 3.46. The summed E-state index contributed by atoms with van der Waals surface area (Å²) >= 11 is 2.78. The van der Waals surface area contributed by atoms with Crippen molar-refractivity contribution in [1.29, 1.82) is 0 Å². The molecule has 0 aliphatic heterocycles. The minimum absolute atomic E-state index is 0.00901. The molecule has 0 fully saturated rings. The Hall–Kier alpha value is -1.67. The van der Waals surface area contributed by atoms with Crippen LogP contribution in [0.5, 0.6) is 5.88 Å². The first kappa shape index (κ1) is 13.8. The standard InChI is InChI=1S/C11H11N3O3S2/c1-7-8(5-10(15)16)19-11(13-7)18-6-17-9-3-2-4-12-14-9/h2-4H,5-6H2,1H3,(H,15,16). The van der Waals surface area contributed by atoms with Crippen molar-refractivity contribution >= 4 is 29.1 Å². The number of aryl methyl sites for hydroxylation is 1. The highest BCUT2D eigenvalue weighted by atomic mass is 32.2. The van der Waals surface area contributed by atoms with Crippen LogP contribution >= 0.6 is 23.1 Å². The van der Waals surface area contributed by atoms with Gasteiger partial charge in [-0.05, 0) is 13.0 Å². The number of carbonyl (C=O) groups is 1. The molecule has 2 heterocycles. The summed E-state index contributed by atoms with van der Waals surface area (Å²) in [5.41, 5.74) is 0.759. The minimum Gasteiger partial charge on any atom is -0.481 e. The van der Waals surface area contributed by atoms with Crippen LogP contribution in [0.15, 0.2) is 22.7 Å². The summed E-state index contributed by atoms with van der Waals surface area (Å²) in [6.45, 7) is 1.81. The second kappa shape index (κ2) is 6.48. The minimum atomic E-state index is -0.848. The van der Waals surface area contributed by atoms with Gasteiger partial charge in [0, 0.05) is 17.1 Å². The van der Waals surface area contributed by atoms with Gasteiger partial charge < -0.3 is 9.84 Å². The predicted octanol–water partition coefficient (Wildman–Crippen LogP) is 2.00. The fourth-order valence-electron chi connectivity index (χ4n) is 1.27. The van der Waals surface area contributed by atoms with Crippen molar-refractivity contribution in [2.24, 2.45) is 0 Å². The van der Waals surface area contributed by atoms with Crippen LogP contribution in [0.1, 0.15) is 10.6 Å². The van der Waals surface area contributed by atoms with Crippen LogP contribution in [0.25, 0.3) is 0 Å². The molecule has 0 bridgehead atoms. The van der Waals surface area contributed by atoms with Gasteiger partial charge in [-0.2, -0.15) is 5.10 Å². The fraction of sp³-hybridized carbons (Fsp3) is 0.273. The van der Waals surface area contributed by atoms with E-state index < -0.39 is 5.97 Å². The highest BCUT2D eigenvalue weighted by molar-refractivity contribution is 8.00. The molecular weight excluding hydrogens is 286 g/mol. The van der Waals surface area contributed by atoms with E-state index in [4.69, 9.17) is 9.84 Å². The highest BCUT2D eigenvalue weighted by Crippen LogP contribution is 2.27. The number of thioether (sulfide) groups is 1. The largest absolute Gasteiger partial charge is 0.481 e. The molecular formula is C11H11N3O3S2. The van der Waals surface area contributed by atoms with E-state index in [9.17, 15) is 4.79 Å². The number of hydrogen-bond acceptors (Lipinski definition) is 7. The Morgan fingerprint density at radius 1 is 1.58 bits per heavy atom. The van der Waals surface area contributed by atoms with Crippen LogP contribution in [-0.4, -0.2) is 32.2 Å². The van der Waals surface area contributed by atoms with E-state index in [1.54, 1.807) is 18.3 Å². The quantitative estimate of drug-likeness (QED) is 0.644. The molecule has 0 saturated carbocycles. The van der Waals surface area contributed by atoms with Gasteiger partial charge in [-0.1, -0.05) is 11.8 Å². The van der Waals surface area contributed by atoms with Crippen LogP contribution in [0, 0.1) is 6.92 Å². The summed E-state index contributed by atoms with van der Waals surface area (Å²) in [7, 11) is 0. The molecule has 0 radical (unpaired) electrons. The Morgan fingerprint density at radius 2 is 2.42 bits per heavy atom. The van der Waals surface area contributed by atoms with Crippen LogP contribution in [0.3, 0.4) is 0 Å². The number of ether oxygens (including phenoxy) is 1. The molecule has 0 unspecified atom stereocenters. The molecule has 2 aromatic heterocycles. The van der Waals surface area contributed by atoms with Gasteiger partial charge in [0.1, 0.15) is 5.94 Å². The van der Waals surface area contributed by atoms with E-state index in [1.807, 2.05) is 6.92 Å². The third kappa shape index (κ3) is 4.18. The Kier molecular flexibility index (Phi) is 4.69. The number of carboxylic acids is 1. The average Bonchev–Trinajstić information content (AvgIpc) is 2.70. The SMILES string of the molecule is Cc1nc(SCOc2cccnn2)sc1CC(=O)O. The molecule has 6 nitrogen and oxygen atoms in total. The molecule has 0 atom stereocenters. The summed E-state index contributed by atoms with van der Waals surface area (Å²) in [6.07, 6.45) is 1.58. The molecule has 0 aliphatic rings. The molecule has 0 amide bonds. The van der Waals surface area contributed by atoms with Crippen molar-refractivity contribution in [2.45, 2.75) is 17.7 Å². The number of aliphatic carboxylic acids is 1. The first-order valence-corrected chi connectivity index (χ1v) is 7.17. The zero-order chi connectivity index (χ0) is 13.7. The molecule has 1 N–H and O–H groups in total. The smallest absolute Gasteiger partial charge is 0.308 e. The van der Waals surface area contributed by atoms with E-state index in [2.05, 4.69) is 15.2 Å². The number of thiazole rings is 1. The predicted molar refractivity (Wildman–Crippen MR) is 71.6 cm³/mol. The Balaban J connectivity index is 1.88. The number of carboxylic acid groups (broad SMARTS) is 1. The Morgan fingerprint density at radius 3 is 3.11 bits per heavy atom. The normalized spacial score (nSPS) is 10.4. The van der Waals surface area contributed by atoms with Gasteiger partial charge >= 0.3 is 5.97 Å². The number of rotatable bonds is 6. The van der Waals surface area contributed by atoms with Gasteiger partial charge in [-0.15, -0.1) is 16.4 Å². The Bertz CT molecular complexity index is 560. The third-order valence-corrected chi connectivity index (χ3v) is 4.25. The van der Waals surface area contributed by atoms with E-state index >= 15 is 0 Å². The van der Waals surface area contributed by atoms with Crippen LogP contribution in [0.2, 0.25) is 0 Å². The Labute approximate surface area is 117 Å². The van der Waals surface area contributed by atoms with Gasteiger partial charge in [0.25, 0.3) is 0 Å². The zero-order valence-corrected chi connectivity index (χ0v) is 11.7. The van der Waals surface area contributed by atoms with Crippen molar-refractivity contribution in [1.82, 2.24) is 15.2 Å². The van der Waals surface area contributed by atoms with Gasteiger partial charge in [0.15, 0.2) is 4.34 Å². The second-order valence-electron chi connectivity index (χ2n) is 3.53. The number of hydrogen-bond donors (Lipinski definition) is 1.